The molecule has 0 aliphatic heterocycles. The Balaban J connectivity index is 1.61. The summed E-state index contributed by atoms with van der Waals surface area (Å²) in [6.07, 6.45) is 0. The molecule has 3 aromatic carbocycles. The average molecular weight is 426 g/mol. The van der Waals surface area contributed by atoms with Crippen LogP contribution in [0.2, 0.25) is 5.02 Å². The summed E-state index contributed by atoms with van der Waals surface area (Å²) in [4.78, 5) is 13.8. The number of hydrogen-bond donors (Lipinski definition) is 4. The van der Waals surface area contributed by atoms with Crippen LogP contribution in [0.4, 0.5) is 15.8 Å². The minimum Gasteiger partial charge on any atom is -0.477 e. The van der Waals surface area contributed by atoms with Crippen molar-refractivity contribution in [3.8, 4) is 11.5 Å². The van der Waals surface area contributed by atoms with Crippen LogP contribution in [-0.4, -0.2) is 16.1 Å². The summed E-state index contributed by atoms with van der Waals surface area (Å²) in [5, 5.41) is 13.1. The number of H-pyrrole nitrogens is 1. The molecule has 0 amide bonds. The van der Waals surface area contributed by atoms with E-state index in [1.807, 2.05) is 24.3 Å². The first-order valence-corrected chi connectivity index (χ1v) is 9.40. The molecule has 0 saturated heterocycles. The van der Waals surface area contributed by atoms with Crippen LogP contribution in [0.15, 0.2) is 60.7 Å². The van der Waals surface area contributed by atoms with Crippen molar-refractivity contribution >= 4 is 39.8 Å². The lowest BCUT2D eigenvalue weighted by Crippen LogP contribution is -1.96. The second-order valence-electron chi connectivity index (χ2n) is 6.60. The zero-order chi connectivity index (χ0) is 21.3. The largest absolute Gasteiger partial charge is 0.477 e. The Morgan fingerprint density at radius 1 is 1.17 bits per heavy atom. The number of aromatic nitrogens is 1. The molecule has 0 aliphatic rings. The van der Waals surface area contributed by atoms with Crippen molar-refractivity contribution in [1.82, 2.24) is 4.98 Å². The lowest BCUT2D eigenvalue weighted by atomic mass is 10.2. The van der Waals surface area contributed by atoms with Gasteiger partial charge in [-0.15, -0.1) is 0 Å². The average Bonchev–Trinajstić information content (AvgIpc) is 3.19. The molecule has 6 nitrogen and oxygen atoms in total. The molecule has 1 heterocycles. The molecule has 0 fully saturated rings. The molecule has 0 unspecified atom stereocenters. The molecule has 4 rings (SSSR count). The molecule has 30 heavy (non-hydrogen) atoms. The number of halogens is 2. The van der Waals surface area contributed by atoms with E-state index in [1.165, 1.54) is 18.2 Å². The standard InChI is InChI=1S/C22H17ClFN3O3/c23-16-9-13(4-7-20(16)30-14-3-1-2-12(8-14)11-25)26-18-6-5-17(24)21-15(18)10-19(27-21)22(28)29/h1-10,26-27H,11,25H2,(H,28,29). The van der Waals surface area contributed by atoms with Crippen LogP contribution in [0.3, 0.4) is 0 Å². The summed E-state index contributed by atoms with van der Waals surface area (Å²) >= 11 is 6.37. The van der Waals surface area contributed by atoms with Gasteiger partial charge in [-0.3, -0.25) is 0 Å². The van der Waals surface area contributed by atoms with Gasteiger partial charge in [0.2, 0.25) is 0 Å². The Kier molecular flexibility index (Phi) is 5.31. The van der Waals surface area contributed by atoms with Gasteiger partial charge in [0, 0.05) is 23.3 Å². The van der Waals surface area contributed by atoms with Gasteiger partial charge in [-0.25, -0.2) is 9.18 Å². The first kappa shape index (κ1) is 19.8. The van der Waals surface area contributed by atoms with Crippen molar-refractivity contribution < 1.29 is 19.0 Å². The minimum absolute atomic E-state index is 0.0976. The molecule has 5 N–H and O–H groups in total. The van der Waals surface area contributed by atoms with E-state index in [-0.39, 0.29) is 11.2 Å². The van der Waals surface area contributed by atoms with E-state index in [9.17, 15) is 9.18 Å². The first-order valence-electron chi connectivity index (χ1n) is 9.02. The highest BCUT2D eigenvalue weighted by atomic mass is 35.5. The number of fused-ring (bicyclic) bond motifs is 1. The molecular weight excluding hydrogens is 409 g/mol. The van der Waals surface area contributed by atoms with Gasteiger partial charge in [-0.2, -0.15) is 0 Å². The van der Waals surface area contributed by atoms with Crippen LogP contribution in [0.1, 0.15) is 16.1 Å². The van der Waals surface area contributed by atoms with Gasteiger partial charge in [0.05, 0.1) is 10.5 Å². The van der Waals surface area contributed by atoms with Gasteiger partial charge in [0.1, 0.15) is 23.0 Å². The number of carboxylic acids is 1. The van der Waals surface area contributed by atoms with E-state index in [2.05, 4.69) is 10.3 Å². The van der Waals surface area contributed by atoms with Gasteiger partial charge in [0.15, 0.2) is 0 Å². The number of nitrogens with two attached hydrogens (primary N) is 1. The fourth-order valence-corrected chi connectivity index (χ4v) is 3.31. The maximum atomic E-state index is 14.1. The Bertz CT molecular complexity index is 1260. The van der Waals surface area contributed by atoms with E-state index in [1.54, 1.807) is 18.2 Å². The predicted octanol–water partition coefficient (Wildman–Crippen LogP) is 5.65. The number of nitrogens with one attached hydrogen (secondary N) is 2. The summed E-state index contributed by atoms with van der Waals surface area (Å²) in [6.45, 7) is 0.405. The van der Waals surface area contributed by atoms with Gasteiger partial charge < -0.3 is 25.9 Å². The van der Waals surface area contributed by atoms with Crippen molar-refractivity contribution in [2.24, 2.45) is 5.73 Å². The third-order valence-corrected chi connectivity index (χ3v) is 4.84. The maximum Gasteiger partial charge on any atom is 0.352 e. The van der Waals surface area contributed by atoms with E-state index >= 15 is 0 Å². The fourth-order valence-electron chi connectivity index (χ4n) is 3.09. The Morgan fingerprint density at radius 2 is 2.00 bits per heavy atom. The second-order valence-corrected chi connectivity index (χ2v) is 7.00. The number of hydrogen-bond acceptors (Lipinski definition) is 4. The highest BCUT2D eigenvalue weighted by Crippen LogP contribution is 2.34. The Labute approximate surface area is 176 Å². The maximum absolute atomic E-state index is 14.1. The van der Waals surface area contributed by atoms with Crippen LogP contribution in [-0.2, 0) is 6.54 Å². The SMILES string of the molecule is NCc1cccc(Oc2ccc(Nc3ccc(F)c4[nH]c(C(=O)O)cc34)cc2Cl)c1. The highest BCUT2D eigenvalue weighted by Gasteiger charge is 2.14. The molecule has 0 radical (unpaired) electrons. The molecule has 8 heteroatoms. The zero-order valence-electron chi connectivity index (χ0n) is 15.6. The number of rotatable bonds is 6. The number of carboxylic acid groups (broad SMARTS) is 1. The molecule has 0 saturated carbocycles. The molecule has 0 spiro atoms. The predicted molar refractivity (Wildman–Crippen MR) is 114 cm³/mol. The molecule has 1 aromatic heterocycles. The number of anilines is 2. The number of benzene rings is 3. The quantitative estimate of drug-likeness (QED) is 0.319. The molecule has 0 bridgehead atoms. The monoisotopic (exact) mass is 425 g/mol. The van der Waals surface area contributed by atoms with Crippen LogP contribution in [0, 0.1) is 5.82 Å². The van der Waals surface area contributed by atoms with Crippen molar-refractivity contribution in [2.75, 3.05) is 5.32 Å². The van der Waals surface area contributed by atoms with Gasteiger partial charge in [-0.05, 0) is 54.1 Å². The number of aromatic carboxylic acids is 1. The van der Waals surface area contributed by atoms with E-state index in [4.69, 9.17) is 27.2 Å². The summed E-state index contributed by atoms with van der Waals surface area (Å²) < 4.78 is 19.9. The topological polar surface area (TPSA) is 100 Å². The van der Waals surface area contributed by atoms with Crippen LogP contribution in [0.5, 0.6) is 11.5 Å². The van der Waals surface area contributed by atoms with E-state index < -0.39 is 11.8 Å². The molecule has 0 atom stereocenters. The third kappa shape index (κ3) is 3.94. The number of carbonyl (C=O) groups is 1. The Morgan fingerprint density at radius 3 is 2.73 bits per heavy atom. The lowest BCUT2D eigenvalue weighted by Gasteiger charge is -2.12. The highest BCUT2D eigenvalue weighted by molar-refractivity contribution is 6.32. The Hall–Kier alpha value is -3.55. The van der Waals surface area contributed by atoms with Crippen molar-refractivity contribution in [3.63, 3.8) is 0 Å². The summed E-state index contributed by atoms with van der Waals surface area (Å²) in [5.74, 6) is -0.617. The van der Waals surface area contributed by atoms with Crippen LogP contribution in [0.25, 0.3) is 10.9 Å². The third-order valence-electron chi connectivity index (χ3n) is 4.55. The number of ether oxygens (including phenoxy) is 1. The minimum atomic E-state index is -1.17. The van der Waals surface area contributed by atoms with Crippen LogP contribution >= 0.6 is 11.6 Å². The van der Waals surface area contributed by atoms with Crippen molar-refractivity contribution in [3.05, 3.63) is 82.8 Å². The van der Waals surface area contributed by atoms with Crippen LogP contribution < -0.4 is 15.8 Å². The zero-order valence-corrected chi connectivity index (χ0v) is 16.3. The molecule has 152 valence electrons. The summed E-state index contributed by atoms with van der Waals surface area (Å²) in [5.41, 5.74) is 7.78. The molecule has 0 aliphatic carbocycles. The van der Waals surface area contributed by atoms with Crippen molar-refractivity contribution in [1.29, 1.82) is 0 Å². The van der Waals surface area contributed by atoms with Gasteiger partial charge >= 0.3 is 5.97 Å². The normalized spacial score (nSPS) is 10.9. The first-order chi connectivity index (χ1) is 14.4. The summed E-state index contributed by atoms with van der Waals surface area (Å²) in [6, 6.07) is 16.7. The van der Waals surface area contributed by atoms with E-state index in [0.717, 1.165) is 5.56 Å². The van der Waals surface area contributed by atoms with Gasteiger partial charge in [-0.1, -0.05) is 23.7 Å². The van der Waals surface area contributed by atoms with Crippen molar-refractivity contribution in [2.45, 2.75) is 6.54 Å². The summed E-state index contributed by atoms with van der Waals surface area (Å²) in [7, 11) is 0. The second kappa shape index (κ2) is 8.06. The van der Waals surface area contributed by atoms with Gasteiger partial charge in [0.25, 0.3) is 0 Å². The fraction of sp³-hybridized carbons (Fsp3) is 0.0455. The number of aromatic amines is 1. The van der Waals surface area contributed by atoms with E-state index in [0.29, 0.717) is 39.8 Å². The molecular formula is C22H17ClFN3O3. The smallest absolute Gasteiger partial charge is 0.352 e. The lowest BCUT2D eigenvalue weighted by molar-refractivity contribution is 0.0691. The molecule has 4 aromatic rings.